The van der Waals surface area contributed by atoms with E-state index in [4.69, 9.17) is 0 Å². The van der Waals surface area contributed by atoms with Crippen LogP contribution in [0, 0.1) is 0 Å². The van der Waals surface area contributed by atoms with Crippen molar-refractivity contribution in [2.75, 3.05) is 14.1 Å². The van der Waals surface area contributed by atoms with Gasteiger partial charge in [-0.1, -0.05) is 64.0 Å². The number of hydrogen-bond acceptors (Lipinski definition) is 3. The van der Waals surface area contributed by atoms with Gasteiger partial charge in [-0.05, 0) is 32.1 Å². The van der Waals surface area contributed by atoms with Crippen LogP contribution in [0.2, 0.25) is 0 Å². The van der Waals surface area contributed by atoms with E-state index in [1.807, 2.05) is 14.1 Å². The maximum absolute atomic E-state index is 11.4. The number of aliphatic hydroxyl groups is 1. The molecule has 4 nitrogen and oxygen atoms in total. The zero-order chi connectivity index (χ0) is 18.0. The van der Waals surface area contributed by atoms with Crippen LogP contribution < -0.4 is 5.43 Å². The highest BCUT2D eigenvalue weighted by molar-refractivity contribution is 5.75. The summed E-state index contributed by atoms with van der Waals surface area (Å²) in [5.41, 5.74) is 2.76. The van der Waals surface area contributed by atoms with Gasteiger partial charge in [-0.2, -0.15) is 0 Å². The molecule has 0 rings (SSSR count). The molecule has 24 heavy (non-hydrogen) atoms. The van der Waals surface area contributed by atoms with Gasteiger partial charge in [0.05, 0.1) is 6.10 Å². The summed E-state index contributed by atoms with van der Waals surface area (Å²) >= 11 is 0. The molecule has 0 unspecified atom stereocenters. The van der Waals surface area contributed by atoms with Crippen LogP contribution >= 0.6 is 0 Å². The molecule has 0 heterocycles. The number of hydrogen-bond donors (Lipinski definition) is 2. The molecular formula is C20H40N2O2. The number of allylic oxidation sites excluding steroid dienone is 1. The van der Waals surface area contributed by atoms with E-state index in [1.54, 1.807) is 5.01 Å². The molecule has 0 spiro atoms. The summed E-state index contributed by atoms with van der Waals surface area (Å²) in [5, 5.41) is 11.6. The molecular weight excluding hydrogens is 300 g/mol. The van der Waals surface area contributed by atoms with E-state index in [2.05, 4.69) is 24.5 Å². The first-order valence-corrected chi connectivity index (χ1v) is 9.86. The molecule has 0 aliphatic heterocycles. The third kappa shape index (κ3) is 17.5. The number of hydrazine groups is 1. The smallest absolute Gasteiger partial charge is 0.234 e. The minimum absolute atomic E-state index is 0.108. The van der Waals surface area contributed by atoms with Gasteiger partial charge in [-0.3, -0.25) is 10.2 Å². The molecule has 0 aromatic rings. The van der Waals surface area contributed by atoms with Crippen molar-refractivity contribution in [2.45, 2.75) is 96.5 Å². The standard InChI is InChI=1S/C20H40N2O2/c1-4-5-6-13-16-19(23)17-14-11-9-7-8-10-12-15-18-20(24)21-22(2)3/h11,14,19,23H,4-10,12-13,15-18H2,1-3H3,(H,21,24)/b14-11-/t19-/m1/s1. The van der Waals surface area contributed by atoms with Crippen LogP contribution in [-0.2, 0) is 4.79 Å². The Morgan fingerprint density at radius 1 is 1.00 bits per heavy atom. The molecule has 142 valence electrons. The van der Waals surface area contributed by atoms with Crippen molar-refractivity contribution in [3.05, 3.63) is 12.2 Å². The van der Waals surface area contributed by atoms with Crippen LogP contribution in [0.3, 0.4) is 0 Å². The fraction of sp³-hybridized carbons (Fsp3) is 0.850. The average molecular weight is 341 g/mol. The summed E-state index contributed by atoms with van der Waals surface area (Å²) in [6.07, 6.45) is 18.3. The third-order valence-corrected chi connectivity index (χ3v) is 4.09. The molecule has 0 saturated heterocycles. The van der Waals surface area contributed by atoms with Crippen molar-refractivity contribution in [1.29, 1.82) is 0 Å². The molecule has 0 fully saturated rings. The highest BCUT2D eigenvalue weighted by Gasteiger charge is 2.02. The summed E-state index contributed by atoms with van der Waals surface area (Å²) in [6, 6.07) is 0. The number of rotatable bonds is 16. The fourth-order valence-corrected chi connectivity index (χ4v) is 2.68. The number of amides is 1. The minimum atomic E-state index is -0.161. The van der Waals surface area contributed by atoms with E-state index in [9.17, 15) is 9.90 Å². The number of aliphatic hydroxyl groups excluding tert-OH is 1. The van der Waals surface area contributed by atoms with Crippen LogP contribution in [0.25, 0.3) is 0 Å². The van der Waals surface area contributed by atoms with Gasteiger partial charge in [0.2, 0.25) is 5.91 Å². The maximum Gasteiger partial charge on any atom is 0.234 e. The highest BCUT2D eigenvalue weighted by atomic mass is 16.3. The Kier molecular flexibility index (Phi) is 16.4. The second kappa shape index (κ2) is 17.0. The number of nitrogens with one attached hydrogen (secondary N) is 1. The minimum Gasteiger partial charge on any atom is -0.393 e. The fourth-order valence-electron chi connectivity index (χ4n) is 2.68. The Labute approximate surface area is 149 Å². The van der Waals surface area contributed by atoms with E-state index >= 15 is 0 Å². The van der Waals surface area contributed by atoms with E-state index in [0.29, 0.717) is 6.42 Å². The first kappa shape index (κ1) is 23.1. The van der Waals surface area contributed by atoms with Crippen molar-refractivity contribution in [3.8, 4) is 0 Å². The Morgan fingerprint density at radius 2 is 1.67 bits per heavy atom. The molecule has 0 bridgehead atoms. The quantitative estimate of drug-likeness (QED) is 0.245. The predicted molar refractivity (Wildman–Crippen MR) is 103 cm³/mol. The van der Waals surface area contributed by atoms with E-state index in [1.165, 1.54) is 38.5 Å². The number of carbonyl (C=O) groups is 1. The molecule has 1 amide bonds. The summed E-state index contributed by atoms with van der Waals surface area (Å²) in [7, 11) is 3.66. The second-order valence-electron chi connectivity index (χ2n) is 6.95. The topological polar surface area (TPSA) is 52.6 Å². The van der Waals surface area contributed by atoms with Crippen molar-refractivity contribution in [3.63, 3.8) is 0 Å². The van der Waals surface area contributed by atoms with E-state index < -0.39 is 0 Å². The average Bonchev–Trinajstić information content (AvgIpc) is 2.52. The van der Waals surface area contributed by atoms with Crippen molar-refractivity contribution in [2.24, 2.45) is 0 Å². The van der Waals surface area contributed by atoms with Crippen molar-refractivity contribution in [1.82, 2.24) is 10.4 Å². The molecule has 0 saturated carbocycles. The molecule has 2 N–H and O–H groups in total. The molecule has 0 radical (unpaired) electrons. The van der Waals surface area contributed by atoms with Gasteiger partial charge >= 0.3 is 0 Å². The van der Waals surface area contributed by atoms with Crippen molar-refractivity contribution < 1.29 is 9.90 Å². The van der Waals surface area contributed by atoms with Gasteiger partial charge in [0.25, 0.3) is 0 Å². The zero-order valence-electron chi connectivity index (χ0n) is 16.2. The lowest BCUT2D eigenvalue weighted by Gasteiger charge is -2.11. The van der Waals surface area contributed by atoms with Gasteiger partial charge in [0.1, 0.15) is 0 Å². The lowest BCUT2D eigenvalue weighted by atomic mass is 10.1. The lowest BCUT2D eigenvalue weighted by Crippen LogP contribution is -2.35. The van der Waals surface area contributed by atoms with Crippen molar-refractivity contribution >= 4 is 5.91 Å². The summed E-state index contributed by atoms with van der Waals surface area (Å²) in [6.45, 7) is 2.21. The van der Waals surface area contributed by atoms with Gasteiger partial charge in [0, 0.05) is 20.5 Å². The number of nitrogens with zero attached hydrogens (tertiary/aromatic N) is 1. The Hall–Kier alpha value is -0.870. The summed E-state index contributed by atoms with van der Waals surface area (Å²) < 4.78 is 0. The largest absolute Gasteiger partial charge is 0.393 e. The second-order valence-corrected chi connectivity index (χ2v) is 6.95. The van der Waals surface area contributed by atoms with Crippen LogP contribution in [0.1, 0.15) is 90.4 Å². The summed E-state index contributed by atoms with van der Waals surface area (Å²) in [5.74, 6) is 0.108. The Bertz CT molecular complexity index is 317. The summed E-state index contributed by atoms with van der Waals surface area (Å²) in [4.78, 5) is 11.4. The Balaban J connectivity index is 3.33. The molecule has 0 aliphatic carbocycles. The molecule has 0 aromatic heterocycles. The van der Waals surface area contributed by atoms with E-state index in [-0.39, 0.29) is 12.0 Å². The normalized spacial score (nSPS) is 12.9. The first-order chi connectivity index (χ1) is 11.6. The van der Waals surface area contributed by atoms with Gasteiger partial charge in [-0.15, -0.1) is 0 Å². The molecule has 0 aromatic carbocycles. The van der Waals surface area contributed by atoms with Gasteiger partial charge in [-0.25, -0.2) is 5.01 Å². The monoisotopic (exact) mass is 340 g/mol. The first-order valence-electron chi connectivity index (χ1n) is 9.86. The SMILES string of the molecule is CCCCCC[C@@H](O)C/C=C\CCCCCCCC(=O)NN(C)C. The zero-order valence-corrected chi connectivity index (χ0v) is 16.2. The number of unbranched alkanes of at least 4 members (excludes halogenated alkanes) is 8. The predicted octanol–water partition coefficient (Wildman–Crippen LogP) is 4.59. The van der Waals surface area contributed by atoms with Crippen LogP contribution in [0.4, 0.5) is 0 Å². The third-order valence-electron chi connectivity index (χ3n) is 4.09. The van der Waals surface area contributed by atoms with Gasteiger partial charge in [0.15, 0.2) is 0 Å². The van der Waals surface area contributed by atoms with Crippen LogP contribution in [0.5, 0.6) is 0 Å². The van der Waals surface area contributed by atoms with Gasteiger partial charge < -0.3 is 5.11 Å². The number of carbonyl (C=O) groups excluding carboxylic acids is 1. The van der Waals surface area contributed by atoms with E-state index in [0.717, 1.165) is 38.5 Å². The molecule has 0 aliphatic rings. The molecule has 4 heteroatoms. The molecule has 1 atom stereocenters. The maximum atomic E-state index is 11.4. The highest BCUT2D eigenvalue weighted by Crippen LogP contribution is 2.10. The lowest BCUT2D eigenvalue weighted by molar-refractivity contribution is -0.124. The van der Waals surface area contributed by atoms with Crippen LogP contribution in [-0.4, -0.2) is 36.2 Å². The Morgan fingerprint density at radius 3 is 2.38 bits per heavy atom. The van der Waals surface area contributed by atoms with Crippen LogP contribution in [0.15, 0.2) is 12.2 Å².